The second-order valence-electron chi connectivity index (χ2n) is 3.15. The number of alkyl halides is 3. The molecule has 0 bridgehead atoms. The highest BCUT2D eigenvalue weighted by Crippen LogP contribution is 2.30. The molecule has 102 valence electrons. The summed E-state index contributed by atoms with van der Waals surface area (Å²) in [7, 11) is 0. The number of hydrogen-bond acceptors (Lipinski definition) is 6. The molecule has 1 rings (SSSR count). The zero-order valence-electron chi connectivity index (χ0n) is 9.61. The van der Waals surface area contributed by atoms with Crippen molar-refractivity contribution in [2.45, 2.75) is 13.3 Å². The molecule has 0 amide bonds. The van der Waals surface area contributed by atoms with E-state index < -0.39 is 29.5 Å². The Morgan fingerprint density at radius 2 is 2.21 bits per heavy atom. The summed E-state index contributed by atoms with van der Waals surface area (Å²) in [5.74, 6) is -2.20. The average molecular weight is 275 g/mol. The van der Waals surface area contributed by atoms with E-state index in [0.29, 0.717) is 0 Å². The van der Waals surface area contributed by atoms with E-state index in [4.69, 9.17) is 11.0 Å². The number of hydrogen-bond donors (Lipinski definition) is 1. The molecule has 0 radical (unpaired) electrons. The van der Waals surface area contributed by atoms with Gasteiger partial charge in [-0.1, -0.05) is 0 Å². The maximum atomic E-state index is 12.2. The number of esters is 1. The molecule has 2 N–H and O–H groups in total. The van der Waals surface area contributed by atoms with Crippen LogP contribution in [0.1, 0.15) is 22.8 Å². The molecule has 0 saturated heterocycles. The monoisotopic (exact) mass is 275 g/mol. The highest BCUT2D eigenvalue weighted by atomic mass is 19.4. The number of halogens is 3. The Morgan fingerprint density at radius 1 is 1.58 bits per heavy atom. The molecular weight excluding hydrogens is 267 g/mol. The normalized spacial score (nSPS) is 10.7. The Balaban J connectivity index is 3.35. The first-order chi connectivity index (χ1) is 8.80. The van der Waals surface area contributed by atoms with Crippen molar-refractivity contribution >= 4 is 11.7 Å². The Kier molecular flexibility index (Phi) is 4.16. The molecule has 0 fully saturated rings. The van der Waals surface area contributed by atoms with Gasteiger partial charge in [0, 0.05) is 0 Å². The van der Waals surface area contributed by atoms with Gasteiger partial charge in [0.2, 0.25) is 5.88 Å². The molecule has 0 unspecified atom stereocenters. The van der Waals surface area contributed by atoms with E-state index >= 15 is 0 Å². The minimum absolute atomic E-state index is 0.0828. The fraction of sp³-hybridized carbons (Fsp3) is 0.300. The minimum atomic E-state index is -5.05. The number of rotatable bonds is 3. The Morgan fingerprint density at radius 3 is 2.68 bits per heavy atom. The Hall–Kier alpha value is -2.50. The van der Waals surface area contributed by atoms with E-state index in [9.17, 15) is 18.0 Å². The third-order valence-electron chi connectivity index (χ3n) is 1.90. The van der Waals surface area contributed by atoms with Crippen LogP contribution in [-0.2, 0) is 4.74 Å². The zero-order chi connectivity index (χ0) is 14.6. The van der Waals surface area contributed by atoms with Gasteiger partial charge in [-0.2, -0.15) is 5.26 Å². The third-order valence-corrected chi connectivity index (χ3v) is 1.90. The zero-order valence-corrected chi connectivity index (χ0v) is 9.61. The largest absolute Gasteiger partial charge is 0.574 e. The van der Waals surface area contributed by atoms with Crippen LogP contribution in [0.15, 0.2) is 6.20 Å². The summed E-state index contributed by atoms with van der Waals surface area (Å²) < 4.78 is 44.6. The first kappa shape index (κ1) is 14.6. The van der Waals surface area contributed by atoms with Crippen molar-refractivity contribution in [1.29, 1.82) is 5.26 Å². The number of anilines is 1. The van der Waals surface area contributed by atoms with Crippen molar-refractivity contribution in [3.8, 4) is 11.9 Å². The summed E-state index contributed by atoms with van der Waals surface area (Å²) in [6.45, 7) is 1.38. The molecule has 0 atom stereocenters. The molecule has 1 aromatic heterocycles. The van der Waals surface area contributed by atoms with Crippen LogP contribution in [0.4, 0.5) is 18.9 Å². The van der Waals surface area contributed by atoms with Gasteiger partial charge in [-0.05, 0) is 6.92 Å². The average Bonchev–Trinajstić information content (AvgIpc) is 2.27. The maximum absolute atomic E-state index is 12.2. The summed E-state index contributed by atoms with van der Waals surface area (Å²) >= 11 is 0. The molecule has 0 spiro atoms. The molecule has 6 nitrogen and oxygen atoms in total. The summed E-state index contributed by atoms with van der Waals surface area (Å²) in [5, 5.41) is 8.69. The van der Waals surface area contributed by atoms with Gasteiger partial charge in [-0.3, -0.25) is 0 Å². The van der Waals surface area contributed by atoms with Crippen LogP contribution in [0.5, 0.6) is 5.88 Å². The lowest BCUT2D eigenvalue weighted by atomic mass is 10.1. The number of carbonyl (C=O) groups is 1. The highest BCUT2D eigenvalue weighted by molar-refractivity contribution is 5.98. The summed E-state index contributed by atoms with van der Waals surface area (Å²) in [6.07, 6.45) is -4.27. The van der Waals surface area contributed by atoms with Gasteiger partial charge in [-0.15, -0.1) is 13.2 Å². The predicted octanol–water partition coefficient (Wildman–Crippen LogP) is 1.61. The van der Waals surface area contributed by atoms with Crippen LogP contribution < -0.4 is 10.5 Å². The van der Waals surface area contributed by atoms with Gasteiger partial charge < -0.3 is 15.2 Å². The second kappa shape index (κ2) is 5.43. The number of nitrogens with zero attached hydrogens (tertiary/aromatic N) is 2. The lowest BCUT2D eigenvalue weighted by Crippen LogP contribution is -2.21. The number of nitrogen functional groups attached to an aromatic ring is 1. The smallest absolute Gasteiger partial charge is 0.462 e. The van der Waals surface area contributed by atoms with E-state index in [1.165, 1.54) is 6.92 Å². The lowest BCUT2D eigenvalue weighted by Gasteiger charge is -2.13. The second-order valence-corrected chi connectivity index (χ2v) is 3.15. The number of ether oxygens (including phenoxy) is 2. The molecule has 0 aliphatic carbocycles. The topological polar surface area (TPSA) is 98.2 Å². The molecule has 19 heavy (non-hydrogen) atoms. The van der Waals surface area contributed by atoms with Gasteiger partial charge in [0.1, 0.15) is 11.6 Å². The number of nitriles is 1. The quantitative estimate of drug-likeness (QED) is 0.841. The van der Waals surface area contributed by atoms with Gasteiger partial charge in [0.25, 0.3) is 0 Å². The van der Waals surface area contributed by atoms with Crippen LogP contribution in [0.3, 0.4) is 0 Å². The van der Waals surface area contributed by atoms with Crippen molar-refractivity contribution in [2.75, 3.05) is 12.3 Å². The fourth-order valence-corrected chi connectivity index (χ4v) is 1.18. The fourth-order valence-electron chi connectivity index (χ4n) is 1.18. The SMILES string of the molecule is CCOC(=O)c1c(OC(F)(F)F)ncc(C#N)c1N. The Bertz CT molecular complexity index is 537. The lowest BCUT2D eigenvalue weighted by molar-refractivity contribution is -0.276. The van der Waals surface area contributed by atoms with Crippen molar-refractivity contribution < 1.29 is 27.4 Å². The van der Waals surface area contributed by atoms with Crippen LogP contribution in [-0.4, -0.2) is 23.9 Å². The Labute approximate surface area is 105 Å². The molecule has 9 heteroatoms. The van der Waals surface area contributed by atoms with E-state index in [2.05, 4.69) is 14.5 Å². The van der Waals surface area contributed by atoms with Gasteiger partial charge in [0.15, 0.2) is 0 Å². The molecular formula is C10H8F3N3O3. The van der Waals surface area contributed by atoms with Crippen molar-refractivity contribution in [3.63, 3.8) is 0 Å². The van der Waals surface area contributed by atoms with Crippen LogP contribution in [0.2, 0.25) is 0 Å². The van der Waals surface area contributed by atoms with Crippen LogP contribution in [0.25, 0.3) is 0 Å². The standard InChI is InChI=1S/C10H8F3N3O3/c1-2-18-9(17)6-7(15)5(3-14)4-16-8(6)19-10(11,12)13/h4H,2H2,1H3,(H2,15,16). The van der Waals surface area contributed by atoms with E-state index in [0.717, 1.165) is 6.20 Å². The van der Waals surface area contributed by atoms with Gasteiger partial charge in [-0.25, -0.2) is 9.78 Å². The van der Waals surface area contributed by atoms with Crippen molar-refractivity contribution in [1.82, 2.24) is 4.98 Å². The van der Waals surface area contributed by atoms with E-state index in [-0.39, 0.29) is 12.2 Å². The van der Waals surface area contributed by atoms with Crippen molar-refractivity contribution in [2.24, 2.45) is 0 Å². The number of aromatic nitrogens is 1. The maximum Gasteiger partial charge on any atom is 0.574 e. The molecule has 1 aromatic rings. The molecule has 1 heterocycles. The summed E-state index contributed by atoms with van der Waals surface area (Å²) in [4.78, 5) is 14.8. The minimum Gasteiger partial charge on any atom is -0.462 e. The van der Waals surface area contributed by atoms with Crippen LogP contribution in [0, 0.1) is 11.3 Å². The number of nitrogens with two attached hydrogens (primary N) is 1. The van der Waals surface area contributed by atoms with E-state index in [1.54, 1.807) is 6.07 Å². The van der Waals surface area contributed by atoms with Gasteiger partial charge >= 0.3 is 12.3 Å². The molecule has 0 aromatic carbocycles. The third kappa shape index (κ3) is 3.48. The highest BCUT2D eigenvalue weighted by Gasteiger charge is 2.35. The first-order valence-electron chi connectivity index (χ1n) is 4.91. The summed E-state index contributed by atoms with van der Waals surface area (Å²) in [6, 6.07) is 1.59. The van der Waals surface area contributed by atoms with Crippen LogP contribution >= 0.6 is 0 Å². The van der Waals surface area contributed by atoms with E-state index in [1.807, 2.05) is 0 Å². The van der Waals surface area contributed by atoms with Crippen molar-refractivity contribution in [3.05, 3.63) is 17.3 Å². The summed E-state index contributed by atoms with van der Waals surface area (Å²) in [5.41, 5.74) is 3.98. The molecule has 0 aliphatic heterocycles. The number of carbonyl (C=O) groups excluding carboxylic acids is 1. The predicted molar refractivity (Wildman–Crippen MR) is 56.0 cm³/mol. The first-order valence-corrected chi connectivity index (χ1v) is 4.91. The molecule has 0 aliphatic rings. The van der Waals surface area contributed by atoms with Gasteiger partial charge in [0.05, 0.1) is 24.1 Å². The number of pyridine rings is 1. The molecule has 0 saturated carbocycles.